The molecule has 2 heterocycles. The molecule has 0 spiro atoms. The van der Waals surface area contributed by atoms with Crippen LogP contribution in [0.5, 0.6) is 0 Å². The molecule has 2 aliphatic rings. The number of amides is 2. The number of anilines is 1. The van der Waals surface area contributed by atoms with Gasteiger partial charge in [0.1, 0.15) is 0 Å². The molecule has 6 rings (SSSR count). The summed E-state index contributed by atoms with van der Waals surface area (Å²) in [7, 11) is 0. The highest BCUT2D eigenvalue weighted by atomic mass is 16.5. The third-order valence-corrected chi connectivity index (χ3v) is 7.13. The summed E-state index contributed by atoms with van der Waals surface area (Å²) >= 11 is 0. The molecule has 1 aliphatic carbocycles. The van der Waals surface area contributed by atoms with Crippen LogP contribution in [0.2, 0.25) is 0 Å². The van der Waals surface area contributed by atoms with Crippen LogP contribution in [0.1, 0.15) is 23.6 Å². The van der Waals surface area contributed by atoms with Crippen molar-refractivity contribution in [2.24, 2.45) is 0 Å². The number of fused-ring (bicyclic) bond motifs is 1. The first-order valence-electron chi connectivity index (χ1n) is 12.6. The van der Waals surface area contributed by atoms with Gasteiger partial charge in [-0.1, -0.05) is 66.7 Å². The predicted molar refractivity (Wildman–Crippen MR) is 143 cm³/mol. The van der Waals surface area contributed by atoms with Gasteiger partial charge in [0.05, 0.1) is 24.6 Å². The first-order chi connectivity index (χ1) is 17.7. The number of nitrogens with one attached hydrogen (secondary N) is 2. The average molecular weight is 479 g/mol. The molecule has 0 radical (unpaired) electrons. The highest BCUT2D eigenvalue weighted by Gasteiger charge is 2.39. The molecule has 6 heteroatoms. The summed E-state index contributed by atoms with van der Waals surface area (Å²) < 4.78 is 5.44. The Bertz CT molecular complexity index is 1350. The van der Waals surface area contributed by atoms with Gasteiger partial charge in [0.2, 0.25) is 0 Å². The minimum Gasteiger partial charge on any atom is -0.379 e. The number of rotatable bonds is 6. The molecule has 1 saturated carbocycles. The first-order valence-corrected chi connectivity index (χ1v) is 12.6. The molecule has 182 valence electrons. The van der Waals surface area contributed by atoms with Gasteiger partial charge in [-0.05, 0) is 35.1 Å². The van der Waals surface area contributed by atoms with Gasteiger partial charge >= 0.3 is 6.03 Å². The Labute approximate surface area is 211 Å². The number of ether oxygens (including phenoxy) is 1. The molecule has 1 aromatic heterocycles. The van der Waals surface area contributed by atoms with Gasteiger partial charge in [-0.15, -0.1) is 0 Å². The van der Waals surface area contributed by atoms with E-state index in [0.717, 1.165) is 72.5 Å². The van der Waals surface area contributed by atoms with Gasteiger partial charge in [-0.2, -0.15) is 0 Å². The number of nitrogens with zero attached hydrogens (tertiary/aromatic N) is 2. The van der Waals surface area contributed by atoms with Gasteiger partial charge < -0.3 is 15.4 Å². The quantitative estimate of drug-likeness (QED) is 0.389. The molecule has 2 unspecified atom stereocenters. The Morgan fingerprint density at radius 3 is 2.47 bits per heavy atom. The van der Waals surface area contributed by atoms with Gasteiger partial charge in [0.25, 0.3) is 0 Å². The van der Waals surface area contributed by atoms with Crippen LogP contribution in [0.25, 0.3) is 21.9 Å². The normalized spacial score (nSPS) is 19.7. The maximum Gasteiger partial charge on any atom is 0.319 e. The van der Waals surface area contributed by atoms with E-state index in [1.807, 2.05) is 42.6 Å². The third kappa shape index (κ3) is 4.96. The lowest BCUT2D eigenvalue weighted by Crippen LogP contribution is -2.35. The smallest absolute Gasteiger partial charge is 0.319 e. The predicted octanol–water partition coefficient (Wildman–Crippen LogP) is 5.41. The second-order valence-electron chi connectivity index (χ2n) is 9.59. The fourth-order valence-electron chi connectivity index (χ4n) is 5.08. The second-order valence-corrected chi connectivity index (χ2v) is 9.59. The molecule has 1 aliphatic heterocycles. The number of urea groups is 1. The highest BCUT2D eigenvalue weighted by Crippen LogP contribution is 2.40. The lowest BCUT2D eigenvalue weighted by molar-refractivity contribution is 0.0336. The maximum absolute atomic E-state index is 12.8. The fourth-order valence-corrected chi connectivity index (χ4v) is 5.08. The van der Waals surface area contributed by atoms with Crippen molar-refractivity contribution in [2.45, 2.75) is 24.9 Å². The van der Waals surface area contributed by atoms with E-state index in [1.54, 1.807) is 0 Å². The van der Waals surface area contributed by atoms with Crippen LogP contribution < -0.4 is 10.6 Å². The molecular weight excluding hydrogens is 448 g/mol. The van der Waals surface area contributed by atoms with E-state index < -0.39 is 0 Å². The number of carbonyl (C=O) groups excluding carboxylic acids is 1. The summed E-state index contributed by atoms with van der Waals surface area (Å²) in [5.41, 5.74) is 5.32. The van der Waals surface area contributed by atoms with Crippen molar-refractivity contribution in [1.29, 1.82) is 0 Å². The Morgan fingerprint density at radius 2 is 1.69 bits per heavy atom. The summed E-state index contributed by atoms with van der Waals surface area (Å²) in [6, 6.07) is 26.9. The summed E-state index contributed by atoms with van der Waals surface area (Å²) in [5.74, 6) is 0.398. The molecular formula is C30H30N4O2. The first kappa shape index (κ1) is 22.7. The molecule has 2 N–H and O–H groups in total. The van der Waals surface area contributed by atoms with E-state index in [2.05, 4.69) is 58.0 Å². The summed E-state index contributed by atoms with van der Waals surface area (Å²) in [5, 5.41) is 8.31. The molecule has 0 bridgehead atoms. The molecule has 3 aromatic carbocycles. The van der Waals surface area contributed by atoms with Crippen molar-refractivity contribution in [2.75, 3.05) is 31.6 Å². The zero-order valence-electron chi connectivity index (χ0n) is 20.2. The second kappa shape index (κ2) is 10.1. The van der Waals surface area contributed by atoms with Crippen LogP contribution >= 0.6 is 0 Å². The maximum atomic E-state index is 12.8. The van der Waals surface area contributed by atoms with Crippen molar-refractivity contribution in [3.8, 4) is 11.1 Å². The van der Waals surface area contributed by atoms with Gasteiger partial charge in [0, 0.05) is 48.7 Å². The van der Waals surface area contributed by atoms with Crippen molar-refractivity contribution in [3.63, 3.8) is 0 Å². The zero-order chi connectivity index (χ0) is 24.3. The number of morpholine rings is 1. The number of pyridine rings is 1. The van der Waals surface area contributed by atoms with E-state index in [9.17, 15) is 4.79 Å². The van der Waals surface area contributed by atoms with E-state index in [1.165, 1.54) is 5.56 Å². The van der Waals surface area contributed by atoms with Crippen LogP contribution in [0.4, 0.5) is 10.5 Å². The van der Waals surface area contributed by atoms with Crippen LogP contribution in [0.3, 0.4) is 0 Å². The monoisotopic (exact) mass is 478 g/mol. The molecule has 6 nitrogen and oxygen atoms in total. The van der Waals surface area contributed by atoms with Crippen molar-refractivity contribution < 1.29 is 9.53 Å². The SMILES string of the molecule is O=C(Nc1ccc(-c2ccc(CN3CCOCC3)nc2)c2ccccc12)NC1CC1c1ccccc1. The summed E-state index contributed by atoms with van der Waals surface area (Å²) in [6.07, 6.45) is 2.93. The molecule has 2 atom stereocenters. The fraction of sp³-hybridized carbons (Fsp3) is 0.267. The van der Waals surface area contributed by atoms with Gasteiger partial charge in [-0.3, -0.25) is 9.88 Å². The third-order valence-electron chi connectivity index (χ3n) is 7.13. The van der Waals surface area contributed by atoms with Crippen LogP contribution in [-0.2, 0) is 11.3 Å². The summed E-state index contributed by atoms with van der Waals surface area (Å²) in [4.78, 5) is 19.9. The molecule has 1 saturated heterocycles. The average Bonchev–Trinajstić information content (AvgIpc) is 3.69. The summed E-state index contributed by atoms with van der Waals surface area (Å²) in [6.45, 7) is 4.31. The topological polar surface area (TPSA) is 66.5 Å². The molecule has 4 aromatic rings. The zero-order valence-corrected chi connectivity index (χ0v) is 20.2. The van der Waals surface area contributed by atoms with E-state index in [-0.39, 0.29) is 12.1 Å². The van der Waals surface area contributed by atoms with E-state index in [4.69, 9.17) is 9.72 Å². The van der Waals surface area contributed by atoms with Crippen LogP contribution in [0, 0.1) is 0 Å². The largest absolute Gasteiger partial charge is 0.379 e. The highest BCUT2D eigenvalue weighted by molar-refractivity contribution is 6.07. The Balaban J connectivity index is 1.16. The van der Waals surface area contributed by atoms with Gasteiger partial charge in [-0.25, -0.2) is 4.79 Å². The minimum absolute atomic E-state index is 0.162. The van der Waals surface area contributed by atoms with Crippen molar-refractivity contribution >= 4 is 22.5 Å². The lowest BCUT2D eigenvalue weighted by Gasteiger charge is -2.26. The number of carbonyl (C=O) groups is 1. The molecule has 36 heavy (non-hydrogen) atoms. The van der Waals surface area contributed by atoms with Crippen LogP contribution in [0.15, 0.2) is 85.1 Å². The Kier molecular flexibility index (Phi) is 6.36. The lowest BCUT2D eigenvalue weighted by atomic mass is 9.98. The number of aromatic nitrogens is 1. The molecule has 2 amide bonds. The molecule has 2 fully saturated rings. The van der Waals surface area contributed by atoms with E-state index in [0.29, 0.717) is 5.92 Å². The van der Waals surface area contributed by atoms with Crippen LogP contribution in [-0.4, -0.2) is 48.3 Å². The standard InChI is InChI=1S/C30H30N4O2/c35-30(33-29-18-27(29)21-6-2-1-3-7-21)32-28-13-12-24(25-8-4-5-9-26(25)28)22-10-11-23(31-19-22)20-34-14-16-36-17-15-34/h1-13,19,27,29H,14-18,20H2,(H2,32,33,35). The number of hydrogen-bond donors (Lipinski definition) is 2. The van der Waals surface area contributed by atoms with E-state index >= 15 is 0 Å². The number of hydrogen-bond acceptors (Lipinski definition) is 4. The Hall–Kier alpha value is -3.74. The van der Waals surface area contributed by atoms with Gasteiger partial charge in [0.15, 0.2) is 0 Å². The Morgan fingerprint density at radius 1 is 0.917 bits per heavy atom. The van der Waals surface area contributed by atoms with Crippen molar-refractivity contribution in [1.82, 2.24) is 15.2 Å². The minimum atomic E-state index is -0.162. The number of benzene rings is 3. The van der Waals surface area contributed by atoms with Crippen molar-refractivity contribution in [3.05, 3.63) is 96.3 Å².